The Morgan fingerprint density at radius 1 is 0.750 bits per heavy atom. The van der Waals surface area contributed by atoms with Gasteiger partial charge in [0.15, 0.2) is 0 Å². The second-order valence-corrected chi connectivity index (χ2v) is 5.49. The minimum Gasteiger partial charge on any atom is -0.346 e. The zero-order chi connectivity index (χ0) is 20.0. The molecule has 1 amide bonds. The number of amides is 1. The first-order chi connectivity index (χ1) is 10.1. The molecule has 1 atom stereocenters. The number of halogens is 11. The molecule has 0 spiro atoms. The van der Waals surface area contributed by atoms with E-state index in [4.69, 9.17) is 0 Å². The highest BCUT2D eigenvalue weighted by molar-refractivity contribution is 5.85. The maximum atomic E-state index is 13.7. The maximum Gasteiger partial charge on any atom is 0.462 e. The van der Waals surface area contributed by atoms with E-state index in [9.17, 15) is 53.1 Å². The number of alkyl halides is 11. The SMILES string of the molecule is CC(C)(C)NC(=O)C(F)(OC(F)(F)C(F)(F)C(F)(F)F)C(F)(F)F. The van der Waals surface area contributed by atoms with Crippen LogP contribution in [0, 0.1) is 0 Å². The van der Waals surface area contributed by atoms with Crippen molar-refractivity contribution in [3.8, 4) is 0 Å². The molecule has 0 aliphatic carbocycles. The summed E-state index contributed by atoms with van der Waals surface area (Å²) in [7, 11) is 0. The van der Waals surface area contributed by atoms with Crippen LogP contribution in [-0.2, 0) is 9.53 Å². The van der Waals surface area contributed by atoms with Crippen molar-refractivity contribution < 1.29 is 57.8 Å². The standard InChI is InChI=1S/C10H10F11NO2/c1-5(2,3)22-4(23)6(11,8(14,15)16)24-10(20,21)7(12,13)9(17,18)19/h1-3H3,(H,22,23). The molecule has 0 saturated heterocycles. The van der Waals surface area contributed by atoms with Crippen LogP contribution in [0.25, 0.3) is 0 Å². The molecule has 1 N–H and O–H groups in total. The van der Waals surface area contributed by atoms with Gasteiger partial charge in [-0.05, 0) is 20.8 Å². The molecule has 0 heterocycles. The second kappa shape index (κ2) is 5.88. The molecule has 24 heavy (non-hydrogen) atoms. The molecule has 3 nitrogen and oxygen atoms in total. The molecule has 0 aliphatic heterocycles. The lowest BCUT2D eigenvalue weighted by atomic mass is 10.1. The number of rotatable bonds is 4. The summed E-state index contributed by atoms with van der Waals surface area (Å²) >= 11 is 0. The lowest BCUT2D eigenvalue weighted by molar-refractivity contribution is -0.473. The monoisotopic (exact) mass is 385 g/mol. The van der Waals surface area contributed by atoms with Gasteiger partial charge in [0.2, 0.25) is 0 Å². The van der Waals surface area contributed by atoms with E-state index in [1.54, 1.807) is 0 Å². The Kier molecular flexibility index (Phi) is 5.55. The van der Waals surface area contributed by atoms with E-state index in [1.165, 1.54) is 0 Å². The average Bonchev–Trinajstić information content (AvgIpc) is 2.22. The highest BCUT2D eigenvalue weighted by atomic mass is 19.4. The third-order valence-corrected chi connectivity index (χ3v) is 2.14. The van der Waals surface area contributed by atoms with E-state index in [0.29, 0.717) is 0 Å². The topological polar surface area (TPSA) is 38.3 Å². The third-order valence-electron chi connectivity index (χ3n) is 2.14. The highest BCUT2D eigenvalue weighted by Crippen LogP contribution is 2.51. The van der Waals surface area contributed by atoms with Gasteiger partial charge >= 0.3 is 30.2 Å². The predicted octanol–water partition coefficient (Wildman–Crippen LogP) is 3.94. The summed E-state index contributed by atoms with van der Waals surface area (Å²) in [4.78, 5) is 11.2. The lowest BCUT2D eigenvalue weighted by Crippen LogP contribution is -2.65. The summed E-state index contributed by atoms with van der Waals surface area (Å²) in [6.07, 6.45) is -20.8. The van der Waals surface area contributed by atoms with E-state index in [2.05, 4.69) is 4.74 Å². The van der Waals surface area contributed by atoms with Gasteiger partial charge in [-0.25, -0.2) is 0 Å². The molecule has 0 aliphatic rings. The van der Waals surface area contributed by atoms with Crippen LogP contribution in [-0.4, -0.2) is 41.7 Å². The quantitative estimate of drug-likeness (QED) is 0.745. The Morgan fingerprint density at radius 3 is 1.38 bits per heavy atom. The predicted molar refractivity (Wildman–Crippen MR) is 54.8 cm³/mol. The number of hydrogen-bond acceptors (Lipinski definition) is 2. The maximum absolute atomic E-state index is 13.7. The van der Waals surface area contributed by atoms with Gasteiger partial charge in [0.1, 0.15) is 0 Å². The van der Waals surface area contributed by atoms with Crippen molar-refractivity contribution in [2.75, 3.05) is 0 Å². The fraction of sp³-hybridized carbons (Fsp3) is 0.900. The van der Waals surface area contributed by atoms with Gasteiger partial charge in [-0.3, -0.25) is 9.53 Å². The van der Waals surface area contributed by atoms with Gasteiger partial charge in [0, 0.05) is 5.54 Å². The molecule has 0 fully saturated rings. The van der Waals surface area contributed by atoms with Crippen molar-refractivity contribution in [2.45, 2.75) is 56.5 Å². The zero-order valence-electron chi connectivity index (χ0n) is 12.0. The van der Waals surface area contributed by atoms with Gasteiger partial charge in [-0.15, -0.1) is 0 Å². The van der Waals surface area contributed by atoms with Crippen LogP contribution >= 0.6 is 0 Å². The molecule has 14 heteroatoms. The number of nitrogens with one attached hydrogen (secondary N) is 1. The van der Waals surface area contributed by atoms with Crippen molar-refractivity contribution in [3.05, 3.63) is 0 Å². The average molecular weight is 385 g/mol. The summed E-state index contributed by atoms with van der Waals surface area (Å²) in [5, 5.41) is 1.16. The van der Waals surface area contributed by atoms with Crippen LogP contribution in [0.5, 0.6) is 0 Å². The van der Waals surface area contributed by atoms with Crippen LogP contribution in [0.2, 0.25) is 0 Å². The van der Waals surface area contributed by atoms with Gasteiger partial charge in [0.05, 0.1) is 0 Å². The van der Waals surface area contributed by atoms with E-state index in [-0.39, 0.29) is 0 Å². The fourth-order valence-electron chi connectivity index (χ4n) is 1.06. The normalized spacial score (nSPS) is 17.4. The number of ether oxygens (including phenoxy) is 1. The minimum atomic E-state index is -7.20. The fourth-order valence-corrected chi connectivity index (χ4v) is 1.06. The van der Waals surface area contributed by atoms with Crippen LogP contribution in [0.1, 0.15) is 20.8 Å². The number of carbonyl (C=O) groups excluding carboxylic acids is 1. The molecule has 0 saturated carbocycles. The smallest absolute Gasteiger partial charge is 0.346 e. The van der Waals surface area contributed by atoms with Gasteiger partial charge in [-0.1, -0.05) is 0 Å². The van der Waals surface area contributed by atoms with Crippen LogP contribution in [0.3, 0.4) is 0 Å². The molecule has 0 radical (unpaired) electrons. The second-order valence-electron chi connectivity index (χ2n) is 5.49. The Labute approximate surface area is 127 Å². The molecular formula is C10H10F11NO2. The zero-order valence-corrected chi connectivity index (χ0v) is 12.0. The first kappa shape index (κ1) is 22.7. The molecule has 0 aromatic carbocycles. The van der Waals surface area contributed by atoms with Crippen LogP contribution in [0.15, 0.2) is 0 Å². The number of hydrogen-bond donors (Lipinski definition) is 1. The summed E-state index contributed by atoms with van der Waals surface area (Å²) in [6, 6.07) is 0. The van der Waals surface area contributed by atoms with Gasteiger partial charge < -0.3 is 5.32 Å². The molecule has 144 valence electrons. The summed E-state index contributed by atoms with van der Waals surface area (Å²) in [5.41, 5.74) is -1.69. The molecule has 0 aromatic rings. The third kappa shape index (κ3) is 4.39. The van der Waals surface area contributed by atoms with Crippen LogP contribution in [0.4, 0.5) is 48.3 Å². The van der Waals surface area contributed by atoms with Crippen molar-refractivity contribution >= 4 is 5.91 Å². The summed E-state index contributed by atoms with van der Waals surface area (Å²) in [6.45, 7) is 2.85. The highest BCUT2D eigenvalue weighted by Gasteiger charge is 2.79. The molecule has 0 aromatic heterocycles. The van der Waals surface area contributed by atoms with Crippen molar-refractivity contribution in [3.63, 3.8) is 0 Å². The Bertz CT molecular complexity index is 477. The minimum absolute atomic E-state index is 0.949. The van der Waals surface area contributed by atoms with E-state index in [0.717, 1.165) is 26.1 Å². The van der Waals surface area contributed by atoms with E-state index < -0.39 is 41.7 Å². The van der Waals surface area contributed by atoms with Crippen molar-refractivity contribution in [1.82, 2.24) is 5.32 Å². The first-order valence-electron chi connectivity index (χ1n) is 5.69. The van der Waals surface area contributed by atoms with Crippen molar-refractivity contribution in [2.24, 2.45) is 0 Å². The molecule has 0 rings (SSSR count). The van der Waals surface area contributed by atoms with Crippen molar-refractivity contribution in [1.29, 1.82) is 0 Å². The van der Waals surface area contributed by atoms with Gasteiger partial charge in [-0.2, -0.15) is 48.3 Å². The summed E-state index contributed by atoms with van der Waals surface area (Å²) in [5.74, 6) is -16.4. The Morgan fingerprint density at radius 2 is 1.12 bits per heavy atom. The first-order valence-corrected chi connectivity index (χ1v) is 5.69. The Balaban J connectivity index is 5.96. The van der Waals surface area contributed by atoms with E-state index in [1.807, 2.05) is 0 Å². The van der Waals surface area contributed by atoms with Gasteiger partial charge in [0.25, 0.3) is 5.91 Å². The molecular weight excluding hydrogens is 375 g/mol. The molecule has 0 bridgehead atoms. The number of carbonyl (C=O) groups is 1. The lowest BCUT2D eigenvalue weighted by Gasteiger charge is -2.35. The van der Waals surface area contributed by atoms with E-state index >= 15 is 0 Å². The molecule has 1 unspecified atom stereocenters. The van der Waals surface area contributed by atoms with Crippen LogP contribution < -0.4 is 5.32 Å². The largest absolute Gasteiger partial charge is 0.462 e. The summed E-state index contributed by atoms with van der Waals surface area (Å²) < 4.78 is 140. The Hall–Kier alpha value is -1.34.